The first-order chi connectivity index (χ1) is 8.17. The zero-order chi connectivity index (χ0) is 12.4. The molecule has 5 nitrogen and oxygen atoms in total. The van der Waals surface area contributed by atoms with Crippen molar-refractivity contribution in [2.45, 2.75) is 0 Å². The van der Waals surface area contributed by atoms with Gasteiger partial charge in [0.1, 0.15) is 11.5 Å². The van der Waals surface area contributed by atoms with Crippen molar-refractivity contribution >= 4 is 11.7 Å². The van der Waals surface area contributed by atoms with Crippen molar-refractivity contribution in [2.24, 2.45) is 0 Å². The molecule has 1 aromatic rings. The number of urea groups is 1. The van der Waals surface area contributed by atoms with E-state index < -0.39 is 0 Å². The second kappa shape index (κ2) is 4.53. The minimum atomic E-state index is -0.00605. The molecular weight excluding hydrogens is 220 g/mol. The molecule has 1 aliphatic rings. The van der Waals surface area contributed by atoms with Crippen LogP contribution in [0.4, 0.5) is 10.5 Å². The lowest BCUT2D eigenvalue weighted by molar-refractivity contribution is 0.229. The van der Waals surface area contributed by atoms with Crippen LogP contribution in [0.15, 0.2) is 18.2 Å². The molecule has 0 spiro atoms. The largest absolute Gasteiger partial charge is 0.497 e. The number of amides is 2. The second-order valence-electron chi connectivity index (χ2n) is 3.89. The van der Waals surface area contributed by atoms with Gasteiger partial charge in [-0.1, -0.05) is 0 Å². The number of likely N-dealkylation sites (N-methyl/N-ethyl adjacent to an activating group) is 1. The van der Waals surface area contributed by atoms with Crippen molar-refractivity contribution in [1.29, 1.82) is 0 Å². The quantitative estimate of drug-likeness (QED) is 0.800. The average Bonchev–Trinajstić information content (AvgIpc) is 2.69. The monoisotopic (exact) mass is 236 g/mol. The van der Waals surface area contributed by atoms with Crippen LogP contribution in [0.25, 0.3) is 0 Å². The maximum absolute atomic E-state index is 11.9. The zero-order valence-electron chi connectivity index (χ0n) is 10.3. The first-order valence-electron chi connectivity index (χ1n) is 5.42. The van der Waals surface area contributed by atoms with E-state index in [1.165, 1.54) is 0 Å². The molecule has 5 heteroatoms. The number of nitrogens with zero attached hydrogens (tertiary/aromatic N) is 2. The van der Waals surface area contributed by atoms with Gasteiger partial charge in [-0.25, -0.2) is 4.79 Å². The number of carbonyl (C=O) groups is 1. The van der Waals surface area contributed by atoms with E-state index >= 15 is 0 Å². The summed E-state index contributed by atoms with van der Waals surface area (Å²) < 4.78 is 10.4. The van der Waals surface area contributed by atoms with Crippen LogP contribution >= 0.6 is 0 Å². The van der Waals surface area contributed by atoms with E-state index in [0.717, 1.165) is 12.2 Å². The number of anilines is 1. The van der Waals surface area contributed by atoms with Crippen LogP contribution in [0.5, 0.6) is 11.5 Å². The molecule has 1 aromatic carbocycles. The molecule has 0 bridgehead atoms. The highest BCUT2D eigenvalue weighted by molar-refractivity contribution is 5.95. The number of benzene rings is 1. The summed E-state index contributed by atoms with van der Waals surface area (Å²) in [5.41, 5.74) is 0.780. The summed E-state index contributed by atoms with van der Waals surface area (Å²) in [7, 11) is 4.98. The summed E-state index contributed by atoms with van der Waals surface area (Å²) in [6.45, 7) is 1.41. The Morgan fingerprint density at radius 1 is 1.18 bits per heavy atom. The average molecular weight is 236 g/mol. The highest BCUT2D eigenvalue weighted by Crippen LogP contribution is 2.33. The maximum Gasteiger partial charge on any atom is 0.324 e. The van der Waals surface area contributed by atoms with E-state index in [1.807, 2.05) is 12.1 Å². The van der Waals surface area contributed by atoms with Crippen LogP contribution in [-0.2, 0) is 0 Å². The van der Waals surface area contributed by atoms with Crippen molar-refractivity contribution in [3.63, 3.8) is 0 Å². The Balaban J connectivity index is 2.35. The van der Waals surface area contributed by atoms with Gasteiger partial charge in [-0.15, -0.1) is 0 Å². The Hall–Kier alpha value is -1.91. The van der Waals surface area contributed by atoms with E-state index in [0.29, 0.717) is 18.0 Å². The number of methoxy groups -OCH3 is 2. The molecule has 1 heterocycles. The summed E-state index contributed by atoms with van der Waals surface area (Å²) in [5.74, 6) is 1.36. The third-order valence-corrected chi connectivity index (χ3v) is 2.89. The molecule has 1 aliphatic heterocycles. The molecule has 1 saturated heterocycles. The predicted molar refractivity (Wildman–Crippen MR) is 64.9 cm³/mol. The third kappa shape index (κ3) is 2.00. The van der Waals surface area contributed by atoms with Gasteiger partial charge in [0.25, 0.3) is 0 Å². The Kier molecular flexibility index (Phi) is 3.08. The standard InChI is InChI=1S/C12H16N2O3/c1-13-6-7-14(12(13)15)10-5-4-9(16-2)8-11(10)17-3/h4-5,8H,6-7H2,1-3H3. The molecular formula is C12H16N2O3. The lowest BCUT2D eigenvalue weighted by Gasteiger charge is -2.19. The normalized spacial score (nSPS) is 15.4. The SMILES string of the molecule is COc1ccc(N2CCN(C)C2=O)c(OC)c1. The van der Waals surface area contributed by atoms with Crippen molar-refractivity contribution in [3.05, 3.63) is 18.2 Å². The number of hydrogen-bond donors (Lipinski definition) is 0. The van der Waals surface area contributed by atoms with Gasteiger partial charge in [-0.05, 0) is 12.1 Å². The molecule has 0 atom stereocenters. The van der Waals surface area contributed by atoms with Crippen molar-refractivity contribution in [3.8, 4) is 11.5 Å². The lowest BCUT2D eigenvalue weighted by Crippen LogP contribution is -2.29. The highest BCUT2D eigenvalue weighted by Gasteiger charge is 2.28. The number of carbonyl (C=O) groups excluding carboxylic acids is 1. The first kappa shape index (κ1) is 11.6. The Morgan fingerprint density at radius 2 is 1.94 bits per heavy atom. The van der Waals surface area contributed by atoms with E-state index in [4.69, 9.17) is 9.47 Å². The van der Waals surface area contributed by atoms with Crippen molar-refractivity contribution < 1.29 is 14.3 Å². The van der Waals surface area contributed by atoms with E-state index in [9.17, 15) is 4.79 Å². The molecule has 0 aliphatic carbocycles. The first-order valence-corrected chi connectivity index (χ1v) is 5.42. The van der Waals surface area contributed by atoms with Crippen LogP contribution in [0.2, 0.25) is 0 Å². The van der Waals surface area contributed by atoms with Gasteiger partial charge in [-0.3, -0.25) is 4.90 Å². The molecule has 0 N–H and O–H groups in total. The highest BCUT2D eigenvalue weighted by atomic mass is 16.5. The lowest BCUT2D eigenvalue weighted by atomic mass is 10.2. The van der Waals surface area contributed by atoms with Gasteiger partial charge in [0.05, 0.1) is 19.9 Å². The van der Waals surface area contributed by atoms with E-state index in [2.05, 4.69) is 0 Å². The predicted octanol–water partition coefficient (Wildman–Crippen LogP) is 1.58. The summed E-state index contributed by atoms with van der Waals surface area (Å²) in [6, 6.07) is 5.44. The molecule has 0 saturated carbocycles. The molecule has 0 aromatic heterocycles. The van der Waals surface area contributed by atoms with Gasteiger partial charge in [0.2, 0.25) is 0 Å². The van der Waals surface area contributed by atoms with Gasteiger partial charge < -0.3 is 14.4 Å². The molecule has 0 radical (unpaired) electrons. The molecule has 2 amide bonds. The number of hydrogen-bond acceptors (Lipinski definition) is 3. The zero-order valence-corrected chi connectivity index (χ0v) is 10.3. The van der Waals surface area contributed by atoms with Gasteiger partial charge in [0.15, 0.2) is 0 Å². The molecule has 2 rings (SSSR count). The van der Waals surface area contributed by atoms with Crippen LogP contribution in [0.3, 0.4) is 0 Å². The number of ether oxygens (including phenoxy) is 2. The number of rotatable bonds is 3. The van der Waals surface area contributed by atoms with Gasteiger partial charge in [0, 0.05) is 26.2 Å². The topological polar surface area (TPSA) is 42.0 Å². The summed E-state index contributed by atoms with van der Waals surface area (Å²) >= 11 is 0. The van der Waals surface area contributed by atoms with Gasteiger partial charge >= 0.3 is 6.03 Å². The summed E-state index contributed by atoms with van der Waals surface area (Å²) in [4.78, 5) is 15.3. The smallest absolute Gasteiger partial charge is 0.324 e. The second-order valence-corrected chi connectivity index (χ2v) is 3.89. The molecule has 92 valence electrons. The Labute approximate surface area is 101 Å². The fraction of sp³-hybridized carbons (Fsp3) is 0.417. The summed E-state index contributed by atoms with van der Waals surface area (Å²) in [5, 5.41) is 0. The van der Waals surface area contributed by atoms with Crippen LogP contribution in [-0.4, -0.2) is 45.3 Å². The fourth-order valence-corrected chi connectivity index (χ4v) is 1.88. The maximum atomic E-state index is 11.9. The molecule has 0 unspecified atom stereocenters. The Morgan fingerprint density at radius 3 is 2.47 bits per heavy atom. The minimum Gasteiger partial charge on any atom is -0.497 e. The molecule has 17 heavy (non-hydrogen) atoms. The minimum absolute atomic E-state index is 0.00605. The van der Waals surface area contributed by atoms with Gasteiger partial charge in [-0.2, -0.15) is 0 Å². The van der Waals surface area contributed by atoms with Crippen molar-refractivity contribution in [2.75, 3.05) is 39.3 Å². The third-order valence-electron chi connectivity index (χ3n) is 2.89. The Bertz CT molecular complexity index is 434. The van der Waals surface area contributed by atoms with Crippen LogP contribution in [0, 0.1) is 0 Å². The van der Waals surface area contributed by atoms with E-state index in [1.54, 1.807) is 37.1 Å². The fourth-order valence-electron chi connectivity index (χ4n) is 1.88. The molecule has 1 fully saturated rings. The van der Waals surface area contributed by atoms with Crippen LogP contribution in [0.1, 0.15) is 0 Å². The van der Waals surface area contributed by atoms with Crippen LogP contribution < -0.4 is 14.4 Å². The van der Waals surface area contributed by atoms with E-state index in [-0.39, 0.29) is 6.03 Å². The van der Waals surface area contributed by atoms with Crippen molar-refractivity contribution in [1.82, 2.24) is 4.90 Å². The summed E-state index contributed by atoms with van der Waals surface area (Å²) in [6.07, 6.45) is 0.